The van der Waals surface area contributed by atoms with Gasteiger partial charge in [-0.2, -0.15) is 0 Å². The molecule has 0 spiro atoms. The van der Waals surface area contributed by atoms with E-state index in [0.717, 1.165) is 6.42 Å². The summed E-state index contributed by atoms with van der Waals surface area (Å²) in [4.78, 5) is 40.3. The summed E-state index contributed by atoms with van der Waals surface area (Å²) in [5, 5.41) is 3.30. The lowest BCUT2D eigenvalue weighted by molar-refractivity contribution is -0.116. The molecule has 1 aromatic heterocycles. The van der Waals surface area contributed by atoms with Gasteiger partial charge in [-0.05, 0) is 52.5 Å². The minimum absolute atomic E-state index is 0.112. The summed E-state index contributed by atoms with van der Waals surface area (Å²) in [6.45, 7) is 10.3. The van der Waals surface area contributed by atoms with Crippen LogP contribution in [0.15, 0.2) is 0 Å². The number of hydrogen-bond donors (Lipinski definition) is 1. The predicted octanol–water partition coefficient (Wildman–Crippen LogP) is 5.01. The van der Waals surface area contributed by atoms with Gasteiger partial charge in [0.1, 0.15) is 5.00 Å². The standard InChI is InChI=1S/C22H34N2O4S/c1-6-24(7-2)21(26)19-15(5)18(22(27)28-14(3)4)20(29-19)23-17(25)13-12-16-10-8-9-11-16/h14,16H,6-13H2,1-5H3,(H,23,25). The quantitative estimate of drug-likeness (QED) is 0.568. The summed E-state index contributed by atoms with van der Waals surface area (Å²) < 4.78 is 5.38. The van der Waals surface area contributed by atoms with Crippen LogP contribution in [0.3, 0.4) is 0 Å². The zero-order chi connectivity index (χ0) is 21.6. The second-order valence-electron chi connectivity index (χ2n) is 7.93. The Bertz CT molecular complexity index is 731. The molecular weight excluding hydrogens is 388 g/mol. The lowest BCUT2D eigenvalue weighted by atomic mass is 10.0. The molecule has 1 aliphatic rings. The molecule has 0 bridgehead atoms. The monoisotopic (exact) mass is 422 g/mol. The molecule has 29 heavy (non-hydrogen) atoms. The van der Waals surface area contributed by atoms with Crippen LogP contribution >= 0.6 is 11.3 Å². The molecule has 2 rings (SSSR count). The number of rotatable bonds is 9. The van der Waals surface area contributed by atoms with Crippen molar-refractivity contribution in [2.24, 2.45) is 5.92 Å². The fourth-order valence-electron chi connectivity index (χ4n) is 3.80. The third-order valence-electron chi connectivity index (χ3n) is 5.45. The second kappa shape index (κ2) is 10.8. The number of carbonyl (C=O) groups excluding carboxylic acids is 3. The molecule has 1 N–H and O–H groups in total. The minimum Gasteiger partial charge on any atom is -0.459 e. The van der Waals surface area contributed by atoms with Gasteiger partial charge >= 0.3 is 5.97 Å². The molecule has 0 aliphatic heterocycles. The van der Waals surface area contributed by atoms with Crippen molar-refractivity contribution in [2.75, 3.05) is 18.4 Å². The Hall–Kier alpha value is -1.89. The highest BCUT2D eigenvalue weighted by Crippen LogP contribution is 2.35. The molecule has 0 aromatic carbocycles. The maximum atomic E-state index is 12.9. The Morgan fingerprint density at radius 2 is 1.79 bits per heavy atom. The summed E-state index contributed by atoms with van der Waals surface area (Å²) in [7, 11) is 0. The molecule has 6 nitrogen and oxygen atoms in total. The van der Waals surface area contributed by atoms with Crippen molar-refractivity contribution in [3.63, 3.8) is 0 Å². The van der Waals surface area contributed by atoms with Crippen molar-refractivity contribution in [1.82, 2.24) is 4.90 Å². The molecule has 0 unspecified atom stereocenters. The van der Waals surface area contributed by atoms with Gasteiger partial charge in [0.25, 0.3) is 5.91 Å². The molecule has 1 aromatic rings. The number of carbonyl (C=O) groups is 3. The first kappa shape index (κ1) is 23.4. The molecule has 1 saturated carbocycles. The number of nitrogens with zero attached hydrogens (tertiary/aromatic N) is 1. The van der Waals surface area contributed by atoms with Gasteiger partial charge in [-0.1, -0.05) is 25.7 Å². The Morgan fingerprint density at radius 1 is 1.17 bits per heavy atom. The molecule has 2 amide bonds. The second-order valence-corrected chi connectivity index (χ2v) is 8.95. The van der Waals surface area contributed by atoms with E-state index in [1.807, 2.05) is 13.8 Å². The molecular formula is C22H34N2O4S. The van der Waals surface area contributed by atoms with Crippen LogP contribution in [-0.2, 0) is 9.53 Å². The van der Waals surface area contributed by atoms with E-state index in [0.29, 0.717) is 46.4 Å². The fraction of sp³-hybridized carbons (Fsp3) is 0.682. The normalized spacial score (nSPS) is 14.3. The van der Waals surface area contributed by atoms with Gasteiger partial charge in [0.2, 0.25) is 5.91 Å². The summed E-state index contributed by atoms with van der Waals surface area (Å²) in [6.07, 6.45) is 5.90. The third-order valence-corrected chi connectivity index (χ3v) is 6.64. The average Bonchev–Trinajstić information content (AvgIpc) is 3.28. The first-order valence-corrected chi connectivity index (χ1v) is 11.5. The Labute approximate surface area is 178 Å². The van der Waals surface area contributed by atoms with Crippen molar-refractivity contribution in [3.05, 3.63) is 16.0 Å². The highest BCUT2D eigenvalue weighted by molar-refractivity contribution is 7.18. The van der Waals surface area contributed by atoms with E-state index in [-0.39, 0.29) is 17.9 Å². The maximum Gasteiger partial charge on any atom is 0.341 e. The van der Waals surface area contributed by atoms with Gasteiger partial charge in [-0.3, -0.25) is 9.59 Å². The highest BCUT2D eigenvalue weighted by atomic mass is 32.1. The van der Waals surface area contributed by atoms with E-state index in [4.69, 9.17) is 4.74 Å². The van der Waals surface area contributed by atoms with Crippen molar-refractivity contribution in [2.45, 2.75) is 79.2 Å². The summed E-state index contributed by atoms with van der Waals surface area (Å²) in [5.74, 6) is -0.115. The Kier molecular flexibility index (Phi) is 8.68. The van der Waals surface area contributed by atoms with Crippen LogP contribution in [0.5, 0.6) is 0 Å². The number of anilines is 1. The van der Waals surface area contributed by atoms with E-state index in [1.54, 1.807) is 25.7 Å². The molecule has 1 fully saturated rings. The van der Waals surface area contributed by atoms with Crippen molar-refractivity contribution < 1.29 is 19.1 Å². The van der Waals surface area contributed by atoms with Crippen molar-refractivity contribution in [1.29, 1.82) is 0 Å². The molecule has 162 valence electrons. The Balaban J connectivity index is 2.25. The summed E-state index contributed by atoms with van der Waals surface area (Å²) in [5.41, 5.74) is 0.872. The van der Waals surface area contributed by atoms with Gasteiger partial charge < -0.3 is 15.0 Å². The number of hydrogen-bond acceptors (Lipinski definition) is 5. The third kappa shape index (κ3) is 6.04. The number of nitrogens with one attached hydrogen (secondary N) is 1. The first-order valence-electron chi connectivity index (χ1n) is 10.7. The zero-order valence-electron chi connectivity index (χ0n) is 18.3. The van der Waals surface area contributed by atoms with Crippen LogP contribution in [0.2, 0.25) is 0 Å². The SMILES string of the molecule is CCN(CC)C(=O)c1sc(NC(=O)CCC2CCCC2)c(C(=O)OC(C)C)c1C. The molecule has 1 heterocycles. The van der Waals surface area contributed by atoms with Crippen LogP contribution in [0.1, 0.15) is 91.8 Å². The van der Waals surface area contributed by atoms with Crippen molar-refractivity contribution in [3.8, 4) is 0 Å². The van der Waals surface area contributed by atoms with Crippen LogP contribution < -0.4 is 5.32 Å². The van der Waals surface area contributed by atoms with Gasteiger partial charge in [0.15, 0.2) is 0 Å². The predicted molar refractivity (Wildman–Crippen MR) is 117 cm³/mol. The number of thiophene rings is 1. The zero-order valence-corrected chi connectivity index (χ0v) is 19.1. The van der Waals surface area contributed by atoms with Crippen LogP contribution in [-0.4, -0.2) is 41.9 Å². The average molecular weight is 423 g/mol. The first-order chi connectivity index (χ1) is 13.8. The lowest BCUT2D eigenvalue weighted by Gasteiger charge is -2.18. The number of amides is 2. The number of ether oxygens (including phenoxy) is 1. The molecule has 1 aliphatic carbocycles. The topological polar surface area (TPSA) is 75.7 Å². The smallest absolute Gasteiger partial charge is 0.341 e. The fourth-order valence-corrected chi connectivity index (χ4v) is 4.98. The van der Waals surface area contributed by atoms with Gasteiger partial charge in [-0.25, -0.2) is 4.79 Å². The van der Waals surface area contributed by atoms with Crippen LogP contribution in [0, 0.1) is 12.8 Å². The Morgan fingerprint density at radius 3 is 2.34 bits per heavy atom. The highest BCUT2D eigenvalue weighted by Gasteiger charge is 2.29. The minimum atomic E-state index is -0.501. The molecule has 7 heteroatoms. The van der Waals surface area contributed by atoms with E-state index in [9.17, 15) is 14.4 Å². The summed E-state index contributed by atoms with van der Waals surface area (Å²) in [6, 6.07) is 0. The van der Waals surface area contributed by atoms with Gasteiger partial charge in [-0.15, -0.1) is 11.3 Å². The van der Waals surface area contributed by atoms with E-state index in [2.05, 4.69) is 5.32 Å². The largest absolute Gasteiger partial charge is 0.459 e. The van der Waals surface area contributed by atoms with E-state index < -0.39 is 5.97 Å². The van der Waals surface area contributed by atoms with Crippen LogP contribution in [0.25, 0.3) is 0 Å². The van der Waals surface area contributed by atoms with E-state index >= 15 is 0 Å². The molecule has 0 atom stereocenters. The molecule has 0 saturated heterocycles. The lowest BCUT2D eigenvalue weighted by Crippen LogP contribution is -2.30. The van der Waals surface area contributed by atoms with Gasteiger partial charge in [0.05, 0.1) is 16.5 Å². The van der Waals surface area contributed by atoms with Gasteiger partial charge in [0, 0.05) is 19.5 Å². The molecule has 0 radical (unpaired) electrons. The van der Waals surface area contributed by atoms with E-state index in [1.165, 1.54) is 37.0 Å². The van der Waals surface area contributed by atoms with Crippen LogP contribution in [0.4, 0.5) is 5.00 Å². The maximum absolute atomic E-state index is 12.9. The number of esters is 1. The summed E-state index contributed by atoms with van der Waals surface area (Å²) >= 11 is 1.17. The van der Waals surface area contributed by atoms with Crippen molar-refractivity contribution >= 4 is 34.1 Å².